The lowest BCUT2D eigenvalue weighted by molar-refractivity contribution is -0.143. The van der Waals surface area contributed by atoms with Gasteiger partial charge in [-0.2, -0.15) is 18.4 Å². The van der Waals surface area contributed by atoms with Crippen molar-refractivity contribution in [3.8, 4) is 6.07 Å². The quantitative estimate of drug-likeness (QED) is 0.652. The number of para-hydroxylation sites is 1. The molecule has 0 spiro atoms. The van der Waals surface area contributed by atoms with Crippen LogP contribution in [-0.2, 0) is 13.2 Å². The number of rotatable bonds is 0. The molecule has 0 bridgehead atoms. The molecule has 0 saturated carbocycles. The minimum absolute atomic E-state index is 0.0256. The minimum Gasteiger partial charge on any atom is -0.337 e. The summed E-state index contributed by atoms with van der Waals surface area (Å²) < 4.78 is 52.5. The van der Waals surface area contributed by atoms with E-state index in [1.54, 1.807) is 0 Å². The topological polar surface area (TPSA) is 28.7 Å². The van der Waals surface area contributed by atoms with Crippen LogP contribution in [0.5, 0.6) is 0 Å². The Bertz CT molecular complexity index is 631. The molecular formula is C11H6F4N2. The predicted octanol–water partition coefficient (Wildman–Crippen LogP) is 3.21. The van der Waals surface area contributed by atoms with Gasteiger partial charge in [0.1, 0.15) is 17.6 Å². The molecule has 2 rings (SSSR count). The van der Waals surface area contributed by atoms with Crippen LogP contribution in [0.1, 0.15) is 11.3 Å². The maximum Gasteiger partial charge on any atom is 0.432 e. The standard InChI is InChI=1S/C11H6F4N2/c1-17-9-6(3-2-4-8(9)12)7(5-16)10(17)11(13,14)15/h2-4H,1H3. The van der Waals surface area contributed by atoms with Crippen LogP contribution < -0.4 is 0 Å². The molecule has 1 heterocycles. The number of nitrogens with zero attached hydrogens (tertiary/aromatic N) is 2. The van der Waals surface area contributed by atoms with Gasteiger partial charge in [-0.15, -0.1) is 0 Å². The number of fused-ring (bicyclic) bond motifs is 1. The molecule has 6 heteroatoms. The lowest BCUT2D eigenvalue weighted by Crippen LogP contribution is -2.12. The van der Waals surface area contributed by atoms with E-state index in [9.17, 15) is 17.6 Å². The number of halogens is 4. The molecule has 0 atom stereocenters. The average molecular weight is 242 g/mol. The van der Waals surface area contributed by atoms with Crippen LogP contribution in [0, 0.1) is 17.1 Å². The second kappa shape index (κ2) is 3.48. The monoisotopic (exact) mass is 242 g/mol. The van der Waals surface area contributed by atoms with Crippen molar-refractivity contribution >= 4 is 10.9 Å². The van der Waals surface area contributed by atoms with Gasteiger partial charge in [-0.25, -0.2) is 4.39 Å². The van der Waals surface area contributed by atoms with Gasteiger partial charge in [-0.3, -0.25) is 0 Å². The molecule has 2 aromatic rings. The summed E-state index contributed by atoms with van der Waals surface area (Å²) in [4.78, 5) is 0. The molecule has 1 aromatic carbocycles. The Labute approximate surface area is 93.7 Å². The zero-order valence-electron chi connectivity index (χ0n) is 8.64. The number of hydrogen-bond donors (Lipinski definition) is 0. The zero-order valence-corrected chi connectivity index (χ0v) is 8.64. The number of aromatic nitrogens is 1. The van der Waals surface area contributed by atoms with Gasteiger partial charge in [-0.1, -0.05) is 12.1 Å². The molecule has 0 N–H and O–H groups in total. The highest BCUT2D eigenvalue weighted by Crippen LogP contribution is 2.37. The fourth-order valence-corrected chi connectivity index (χ4v) is 1.91. The molecule has 88 valence electrons. The number of hydrogen-bond acceptors (Lipinski definition) is 1. The van der Waals surface area contributed by atoms with Crippen LogP contribution >= 0.6 is 0 Å². The van der Waals surface area contributed by atoms with Crippen molar-refractivity contribution in [2.24, 2.45) is 7.05 Å². The first-order valence-corrected chi connectivity index (χ1v) is 4.62. The van der Waals surface area contributed by atoms with Crippen LogP contribution in [0.4, 0.5) is 17.6 Å². The van der Waals surface area contributed by atoms with E-state index in [2.05, 4.69) is 0 Å². The summed E-state index contributed by atoms with van der Waals surface area (Å²) in [6, 6.07) is 5.12. The first kappa shape index (κ1) is 11.5. The summed E-state index contributed by atoms with van der Waals surface area (Å²) in [6.45, 7) is 0. The van der Waals surface area contributed by atoms with E-state index in [1.165, 1.54) is 18.2 Å². The van der Waals surface area contributed by atoms with Crippen molar-refractivity contribution in [2.45, 2.75) is 6.18 Å². The highest BCUT2D eigenvalue weighted by Gasteiger charge is 2.39. The van der Waals surface area contributed by atoms with E-state index in [1.807, 2.05) is 0 Å². The molecular weight excluding hydrogens is 236 g/mol. The molecule has 0 aliphatic carbocycles. The van der Waals surface area contributed by atoms with E-state index in [0.717, 1.165) is 13.1 Å². The van der Waals surface area contributed by atoms with E-state index in [0.29, 0.717) is 4.57 Å². The first-order valence-electron chi connectivity index (χ1n) is 4.62. The Balaban J connectivity index is 3.01. The van der Waals surface area contributed by atoms with E-state index >= 15 is 0 Å². The van der Waals surface area contributed by atoms with Crippen LogP contribution in [0.3, 0.4) is 0 Å². The third-order valence-electron chi connectivity index (χ3n) is 2.54. The Kier molecular flexibility index (Phi) is 2.35. The summed E-state index contributed by atoms with van der Waals surface area (Å²) >= 11 is 0. The van der Waals surface area contributed by atoms with Crippen molar-refractivity contribution in [1.82, 2.24) is 4.57 Å². The van der Waals surface area contributed by atoms with Crippen molar-refractivity contribution in [2.75, 3.05) is 0 Å². The van der Waals surface area contributed by atoms with Gasteiger partial charge >= 0.3 is 6.18 Å². The lowest BCUT2D eigenvalue weighted by Gasteiger charge is -2.08. The van der Waals surface area contributed by atoms with Crippen LogP contribution in [-0.4, -0.2) is 4.57 Å². The molecule has 0 unspecified atom stereocenters. The van der Waals surface area contributed by atoms with Crippen molar-refractivity contribution in [1.29, 1.82) is 5.26 Å². The van der Waals surface area contributed by atoms with Gasteiger partial charge in [0.05, 0.1) is 11.1 Å². The summed E-state index contributed by atoms with van der Waals surface area (Å²) in [7, 11) is 1.09. The SMILES string of the molecule is Cn1c(C(F)(F)F)c(C#N)c2cccc(F)c21. The fourth-order valence-electron chi connectivity index (χ4n) is 1.91. The predicted molar refractivity (Wildman–Crippen MR) is 52.6 cm³/mol. The highest BCUT2D eigenvalue weighted by molar-refractivity contribution is 5.88. The molecule has 0 fully saturated rings. The first-order chi connectivity index (χ1) is 7.88. The average Bonchev–Trinajstić information content (AvgIpc) is 2.52. The lowest BCUT2D eigenvalue weighted by atomic mass is 10.1. The smallest absolute Gasteiger partial charge is 0.337 e. The number of nitriles is 1. The molecule has 0 aliphatic rings. The second-order valence-corrected chi connectivity index (χ2v) is 3.53. The summed E-state index contributed by atoms with van der Waals surface area (Å²) in [5, 5.41) is 8.77. The number of aryl methyl sites for hydroxylation is 1. The number of benzene rings is 1. The molecule has 0 radical (unpaired) electrons. The van der Waals surface area contributed by atoms with E-state index in [-0.39, 0.29) is 10.9 Å². The van der Waals surface area contributed by atoms with Gasteiger partial charge in [0.25, 0.3) is 0 Å². The van der Waals surface area contributed by atoms with Crippen LogP contribution in [0.15, 0.2) is 18.2 Å². The summed E-state index contributed by atoms with van der Waals surface area (Å²) in [5.74, 6) is -0.781. The maximum absolute atomic E-state index is 13.5. The van der Waals surface area contributed by atoms with E-state index < -0.39 is 23.3 Å². The maximum atomic E-state index is 13.5. The van der Waals surface area contributed by atoms with Gasteiger partial charge in [0, 0.05) is 12.4 Å². The van der Waals surface area contributed by atoms with Gasteiger partial charge < -0.3 is 4.57 Å². The molecule has 1 aromatic heterocycles. The van der Waals surface area contributed by atoms with Gasteiger partial charge in [-0.05, 0) is 6.07 Å². The molecule has 0 aliphatic heterocycles. The Hall–Kier alpha value is -2.03. The normalized spacial score (nSPS) is 11.8. The highest BCUT2D eigenvalue weighted by atomic mass is 19.4. The van der Waals surface area contributed by atoms with Crippen molar-refractivity contribution in [3.05, 3.63) is 35.3 Å². The fraction of sp³-hybridized carbons (Fsp3) is 0.182. The van der Waals surface area contributed by atoms with Crippen LogP contribution in [0.2, 0.25) is 0 Å². The molecule has 17 heavy (non-hydrogen) atoms. The van der Waals surface area contributed by atoms with Crippen LogP contribution in [0.25, 0.3) is 10.9 Å². The van der Waals surface area contributed by atoms with Crippen molar-refractivity contribution in [3.63, 3.8) is 0 Å². The molecule has 0 amide bonds. The Morgan fingerprint density at radius 3 is 2.47 bits per heavy atom. The molecule has 2 nitrogen and oxygen atoms in total. The third kappa shape index (κ3) is 1.55. The Morgan fingerprint density at radius 2 is 1.94 bits per heavy atom. The second-order valence-electron chi connectivity index (χ2n) is 3.53. The summed E-state index contributed by atoms with van der Waals surface area (Å²) in [5.41, 5.74) is -1.88. The largest absolute Gasteiger partial charge is 0.432 e. The van der Waals surface area contributed by atoms with E-state index in [4.69, 9.17) is 5.26 Å². The summed E-state index contributed by atoms with van der Waals surface area (Å²) in [6.07, 6.45) is -4.69. The number of alkyl halides is 3. The molecule has 0 saturated heterocycles. The Morgan fingerprint density at radius 1 is 1.29 bits per heavy atom. The van der Waals surface area contributed by atoms with Gasteiger partial charge in [0.2, 0.25) is 0 Å². The third-order valence-corrected chi connectivity index (χ3v) is 2.54. The zero-order chi connectivity index (χ0) is 12.8. The van der Waals surface area contributed by atoms with Gasteiger partial charge in [0.15, 0.2) is 0 Å². The minimum atomic E-state index is -4.69. The van der Waals surface area contributed by atoms with Crippen molar-refractivity contribution < 1.29 is 17.6 Å².